The topological polar surface area (TPSA) is 52.5 Å². The van der Waals surface area contributed by atoms with E-state index >= 15 is 0 Å². The predicted molar refractivity (Wildman–Crippen MR) is 89.1 cm³/mol. The number of quaternary nitrogens is 1. The van der Waals surface area contributed by atoms with Crippen molar-refractivity contribution in [3.8, 4) is 0 Å². The van der Waals surface area contributed by atoms with Crippen molar-refractivity contribution < 1.29 is 18.8 Å². The predicted octanol–water partition coefficient (Wildman–Crippen LogP) is 2.36. The third-order valence-corrected chi connectivity index (χ3v) is 5.34. The Morgan fingerprint density at radius 2 is 1.86 bits per heavy atom. The van der Waals surface area contributed by atoms with Crippen molar-refractivity contribution in [2.45, 2.75) is 46.1 Å². The Kier molecular flexibility index (Phi) is 6.86. The van der Waals surface area contributed by atoms with Gasteiger partial charge in [0, 0.05) is 0 Å². The molecule has 5 unspecified atom stereocenters. The maximum atomic E-state index is 11.7. The molecular formula is C15H32NO3PS. The van der Waals surface area contributed by atoms with Gasteiger partial charge < -0.3 is 18.8 Å². The van der Waals surface area contributed by atoms with Gasteiger partial charge in [0.2, 0.25) is 0 Å². The van der Waals surface area contributed by atoms with Crippen molar-refractivity contribution in [2.75, 3.05) is 27.7 Å². The average Bonchev–Trinajstić information content (AvgIpc) is 2.23. The van der Waals surface area contributed by atoms with Gasteiger partial charge in [-0.05, 0) is 36.5 Å². The van der Waals surface area contributed by atoms with E-state index in [2.05, 4.69) is 53.7 Å². The molecule has 0 saturated heterocycles. The van der Waals surface area contributed by atoms with Crippen molar-refractivity contribution in [3.63, 3.8) is 0 Å². The van der Waals surface area contributed by atoms with Gasteiger partial charge in [0.1, 0.15) is 19.4 Å². The summed E-state index contributed by atoms with van der Waals surface area (Å²) in [6, 6.07) is 0. The van der Waals surface area contributed by atoms with Gasteiger partial charge in [-0.15, -0.1) is 0 Å². The minimum Gasteiger partial charge on any atom is -0.780 e. The van der Waals surface area contributed by atoms with Gasteiger partial charge in [0.05, 0.1) is 21.1 Å². The van der Waals surface area contributed by atoms with Gasteiger partial charge >= 0.3 is 0 Å². The molecule has 0 bridgehead atoms. The molecule has 5 atom stereocenters. The second kappa shape index (κ2) is 7.37. The summed E-state index contributed by atoms with van der Waals surface area (Å²) in [4.78, 5) is 21.2. The van der Waals surface area contributed by atoms with Crippen molar-refractivity contribution in [2.24, 2.45) is 23.7 Å². The Bertz CT molecular complexity index is 378. The van der Waals surface area contributed by atoms with Gasteiger partial charge in [-0.1, -0.05) is 39.0 Å². The molecule has 1 aliphatic rings. The first-order valence-electron chi connectivity index (χ1n) is 7.91. The molecular weight excluding hydrogens is 305 g/mol. The molecule has 1 N–H and O–H groups in total. The number of hydrogen-bond acceptors (Lipinski definition) is 3. The maximum absolute atomic E-state index is 11.7. The van der Waals surface area contributed by atoms with E-state index < -0.39 is 6.72 Å². The van der Waals surface area contributed by atoms with Crippen LogP contribution in [-0.4, -0.2) is 43.2 Å². The molecule has 4 nitrogen and oxygen atoms in total. The second-order valence-corrected chi connectivity index (χ2v) is 10.6. The number of nitrogens with zero attached hydrogens (tertiary/aromatic N) is 1. The van der Waals surface area contributed by atoms with Gasteiger partial charge in [-0.3, -0.25) is 0 Å². The van der Waals surface area contributed by atoms with Gasteiger partial charge in [0.15, 0.2) is 0 Å². The molecule has 0 aromatic heterocycles. The highest BCUT2D eigenvalue weighted by molar-refractivity contribution is 8.06. The minimum atomic E-state index is -3.88. The summed E-state index contributed by atoms with van der Waals surface area (Å²) in [5.41, 5.74) is 0. The summed E-state index contributed by atoms with van der Waals surface area (Å²) in [6.45, 7) is 3.57. The van der Waals surface area contributed by atoms with Crippen LogP contribution in [0, 0.1) is 23.7 Å². The molecule has 0 spiro atoms. The molecule has 0 aromatic carbocycles. The molecule has 1 aliphatic carbocycles. The summed E-state index contributed by atoms with van der Waals surface area (Å²) in [5.74, 6) is 2.06. The average molecular weight is 337 g/mol. The van der Waals surface area contributed by atoms with Crippen LogP contribution in [-0.2, 0) is 16.3 Å². The Hall–Kier alpha value is 0.490. The Morgan fingerprint density at radius 3 is 2.29 bits per heavy atom. The number of likely N-dealkylation sites (N-methyl/N-ethyl adjacent to an activating group) is 1. The SMILES string of the molecule is CC1CCC(C(C)C)C(C(C[N+](C)(C)C)OP([O-])(O)=S)C1. The summed E-state index contributed by atoms with van der Waals surface area (Å²) >= 11 is 4.64. The summed E-state index contributed by atoms with van der Waals surface area (Å²) in [6.07, 6.45) is 3.23. The van der Waals surface area contributed by atoms with Gasteiger partial charge in [-0.2, -0.15) is 0 Å². The van der Waals surface area contributed by atoms with Crippen LogP contribution in [0.3, 0.4) is 0 Å². The van der Waals surface area contributed by atoms with Crippen molar-refractivity contribution >= 4 is 18.5 Å². The molecule has 1 rings (SSSR count). The highest BCUT2D eigenvalue weighted by Crippen LogP contribution is 2.45. The summed E-state index contributed by atoms with van der Waals surface area (Å²) in [7, 11) is 6.25. The van der Waals surface area contributed by atoms with Crippen LogP contribution in [0.15, 0.2) is 0 Å². The molecule has 0 amide bonds. The lowest BCUT2D eigenvalue weighted by molar-refractivity contribution is -0.873. The highest BCUT2D eigenvalue weighted by atomic mass is 32.5. The van der Waals surface area contributed by atoms with Crippen LogP contribution in [0.5, 0.6) is 0 Å². The van der Waals surface area contributed by atoms with Crippen molar-refractivity contribution in [1.29, 1.82) is 0 Å². The first-order valence-corrected chi connectivity index (χ1v) is 10.5. The lowest BCUT2D eigenvalue weighted by Gasteiger charge is -2.44. The number of rotatable bonds is 6. The van der Waals surface area contributed by atoms with E-state index in [-0.39, 0.29) is 6.10 Å². The first kappa shape index (κ1) is 19.5. The van der Waals surface area contributed by atoms with Crippen LogP contribution in [0.2, 0.25) is 0 Å². The standard InChI is InChI=1S/C15H32NO3PS/c1-11(2)13-8-7-12(3)9-14(13)15(10-16(4,5)6)19-20(17,18)21/h11-15H,7-10H2,1-6H3,(H-,17,18,21). The zero-order valence-corrected chi connectivity index (χ0v) is 16.0. The number of hydrogen-bond donors (Lipinski definition) is 1. The van der Waals surface area contributed by atoms with Crippen molar-refractivity contribution in [1.82, 2.24) is 0 Å². The monoisotopic (exact) mass is 337 g/mol. The fraction of sp³-hybridized carbons (Fsp3) is 1.00. The van der Waals surface area contributed by atoms with E-state index in [1.165, 1.54) is 12.8 Å². The largest absolute Gasteiger partial charge is 0.780 e. The molecule has 6 heteroatoms. The minimum absolute atomic E-state index is 0.242. The van der Waals surface area contributed by atoms with E-state index in [9.17, 15) is 9.79 Å². The molecule has 0 aromatic rings. The van der Waals surface area contributed by atoms with Crippen LogP contribution in [0.1, 0.15) is 40.0 Å². The molecule has 1 saturated carbocycles. The van der Waals surface area contributed by atoms with E-state index in [1.54, 1.807) is 0 Å². The van der Waals surface area contributed by atoms with Crippen LogP contribution < -0.4 is 4.89 Å². The van der Waals surface area contributed by atoms with Crippen molar-refractivity contribution in [3.05, 3.63) is 0 Å². The van der Waals surface area contributed by atoms with Gasteiger partial charge in [-0.25, -0.2) is 0 Å². The quantitative estimate of drug-likeness (QED) is 0.597. The summed E-state index contributed by atoms with van der Waals surface area (Å²) in [5, 5.41) is 0. The normalized spacial score (nSPS) is 32.0. The second-order valence-electron chi connectivity index (χ2n) is 8.08. The molecule has 1 fully saturated rings. The van der Waals surface area contributed by atoms with Crippen LogP contribution in [0.4, 0.5) is 0 Å². The Morgan fingerprint density at radius 1 is 1.29 bits per heavy atom. The lowest BCUT2D eigenvalue weighted by Crippen LogP contribution is -2.48. The fourth-order valence-electron chi connectivity index (χ4n) is 3.66. The molecule has 0 aliphatic heterocycles. The van der Waals surface area contributed by atoms with Crippen LogP contribution >= 0.6 is 6.72 Å². The molecule has 0 heterocycles. The van der Waals surface area contributed by atoms with Crippen LogP contribution in [0.25, 0.3) is 0 Å². The van der Waals surface area contributed by atoms with E-state index in [0.29, 0.717) is 34.7 Å². The lowest BCUT2D eigenvalue weighted by atomic mass is 9.68. The van der Waals surface area contributed by atoms with E-state index in [0.717, 1.165) is 6.42 Å². The third kappa shape index (κ3) is 7.06. The Balaban J connectivity index is 2.99. The van der Waals surface area contributed by atoms with Gasteiger partial charge in [0.25, 0.3) is 0 Å². The smallest absolute Gasteiger partial charge is 0.116 e. The molecule has 126 valence electrons. The van der Waals surface area contributed by atoms with E-state index in [4.69, 9.17) is 4.52 Å². The fourth-order valence-corrected chi connectivity index (χ4v) is 4.56. The highest BCUT2D eigenvalue weighted by Gasteiger charge is 2.39. The maximum Gasteiger partial charge on any atom is 0.116 e. The Labute approximate surface area is 135 Å². The first-order chi connectivity index (χ1) is 9.39. The molecule has 0 radical (unpaired) electrons. The third-order valence-electron chi connectivity index (χ3n) is 4.55. The van der Waals surface area contributed by atoms with E-state index in [1.807, 2.05) is 0 Å². The molecule has 21 heavy (non-hydrogen) atoms. The zero-order chi connectivity index (χ0) is 16.4. The zero-order valence-electron chi connectivity index (χ0n) is 14.3. The summed E-state index contributed by atoms with van der Waals surface area (Å²) < 4.78 is 6.20.